The highest BCUT2D eigenvalue weighted by Gasteiger charge is 2.28. The average Bonchev–Trinajstić information content (AvgIpc) is 3.13. The van der Waals surface area contributed by atoms with Crippen molar-refractivity contribution in [2.24, 2.45) is 0 Å². The predicted octanol–water partition coefficient (Wildman–Crippen LogP) is 6.48. The van der Waals surface area contributed by atoms with Crippen LogP contribution in [0.1, 0.15) is 105 Å². The monoisotopic (exact) mass is 497 g/mol. The van der Waals surface area contributed by atoms with Gasteiger partial charge in [-0.15, -0.1) is 11.3 Å². The van der Waals surface area contributed by atoms with Crippen molar-refractivity contribution in [2.45, 2.75) is 86.0 Å². The van der Waals surface area contributed by atoms with Crippen molar-refractivity contribution in [3.8, 4) is 0 Å². The summed E-state index contributed by atoms with van der Waals surface area (Å²) >= 11 is 7.07. The van der Waals surface area contributed by atoms with Gasteiger partial charge >= 0.3 is 5.97 Å². The van der Waals surface area contributed by atoms with Crippen molar-refractivity contribution in [3.63, 3.8) is 0 Å². The minimum absolute atomic E-state index is 0.0670. The van der Waals surface area contributed by atoms with Gasteiger partial charge in [-0.05, 0) is 51.4 Å². The first-order chi connectivity index (χ1) is 15.9. The third kappa shape index (κ3) is 8.89. The molecule has 0 fully saturated rings. The first-order valence-electron chi connectivity index (χ1n) is 12.4. The van der Waals surface area contributed by atoms with E-state index in [2.05, 4.69) is 24.1 Å². The second-order valence-electron chi connectivity index (χ2n) is 8.27. The maximum absolute atomic E-state index is 13.0. The third-order valence-electron chi connectivity index (χ3n) is 5.85. The highest BCUT2D eigenvalue weighted by Crippen LogP contribution is 2.35. The molecule has 0 saturated carbocycles. The molecule has 1 aromatic heterocycles. The number of nitrogens with zero attached hydrogens (tertiary/aromatic N) is 2. The molecule has 33 heavy (non-hydrogen) atoms. The van der Waals surface area contributed by atoms with Gasteiger partial charge in [0.15, 0.2) is 5.11 Å². The SMILES string of the molecule is CCCCCCN(CCCCCC)C(=S)Nc1sc(C(=O)N(CC)CC)c(C)c1C(=O)OC. The molecule has 0 saturated heterocycles. The number of thiocarbonyl (C=S) groups is 1. The Hall–Kier alpha value is -1.67. The summed E-state index contributed by atoms with van der Waals surface area (Å²) in [4.78, 5) is 30.2. The van der Waals surface area contributed by atoms with Crippen LogP contribution in [0.5, 0.6) is 0 Å². The van der Waals surface area contributed by atoms with Gasteiger partial charge in [0.1, 0.15) is 5.00 Å². The van der Waals surface area contributed by atoms with Crippen LogP contribution in [0.3, 0.4) is 0 Å². The van der Waals surface area contributed by atoms with E-state index in [-0.39, 0.29) is 5.91 Å². The largest absolute Gasteiger partial charge is 0.465 e. The van der Waals surface area contributed by atoms with E-state index in [4.69, 9.17) is 17.0 Å². The van der Waals surface area contributed by atoms with E-state index >= 15 is 0 Å². The van der Waals surface area contributed by atoms with Crippen molar-refractivity contribution in [1.82, 2.24) is 9.80 Å². The fourth-order valence-electron chi connectivity index (χ4n) is 3.76. The van der Waals surface area contributed by atoms with Gasteiger partial charge < -0.3 is 19.9 Å². The van der Waals surface area contributed by atoms with Crippen LogP contribution in [0, 0.1) is 6.92 Å². The average molecular weight is 498 g/mol. The topological polar surface area (TPSA) is 61.9 Å². The van der Waals surface area contributed by atoms with Crippen molar-refractivity contribution < 1.29 is 14.3 Å². The first kappa shape index (κ1) is 29.4. The van der Waals surface area contributed by atoms with Gasteiger partial charge in [-0.25, -0.2) is 4.79 Å². The fraction of sp³-hybridized carbons (Fsp3) is 0.720. The van der Waals surface area contributed by atoms with Crippen molar-refractivity contribution in [2.75, 3.05) is 38.6 Å². The number of nitrogens with one attached hydrogen (secondary N) is 1. The number of methoxy groups -OCH3 is 1. The molecule has 1 amide bonds. The second-order valence-corrected chi connectivity index (χ2v) is 9.68. The molecule has 6 nitrogen and oxygen atoms in total. The van der Waals surface area contributed by atoms with Crippen LogP contribution in [0.2, 0.25) is 0 Å². The van der Waals surface area contributed by atoms with Crippen molar-refractivity contribution in [3.05, 3.63) is 16.0 Å². The number of anilines is 1. The molecule has 1 heterocycles. The summed E-state index contributed by atoms with van der Waals surface area (Å²) < 4.78 is 5.04. The summed E-state index contributed by atoms with van der Waals surface area (Å²) in [5.74, 6) is -0.521. The van der Waals surface area contributed by atoms with E-state index in [9.17, 15) is 9.59 Å². The number of carbonyl (C=O) groups is 2. The third-order valence-corrected chi connectivity index (χ3v) is 7.41. The van der Waals surface area contributed by atoms with Crippen LogP contribution in [0.4, 0.5) is 5.00 Å². The minimum atomic E-state index is -0.454. The molecule has 1 aromatic rings. The van der Waals surface area contributed by atoms with Crippen LogP contribution in [0.25, 0.3) is 0 Å². The van der Waals surface area contributed by atoms with Crippen LogP contribution in [0.15, 0.2) is 0 Å². The number of rotatable bonds is 15. The Labute approximate surface area is 210 Å². The zero-order valence-electron chi connectivity index (χ0n) is 21.4. The van der Waals surface area contributed by atoms with E-state index in [1.807, 2.05) is 13.8 Å². The number of hydrogen-bond donors (Lipinski definition) is 1. The molecule has 1 rings (SSSR count). The van der Waals surface area contributed by atoms with Gasteiger partial charge in [0, 0.05) is 26.2 Å². The Balaban J connectivity index is 3.13. The zero-order chi connectivity index (χ0) is 24.8. The molecule has 188 valence electrons. The van der Waals surface area contributed by atoms with E-state index in [0.717, 1.165) is 25.9 Å². The van der Waals surface area contributed by atoms with Crippen LogP contribution < -0.4 is 5.32 Å². The molecule has 0 spiro atoms. The maximum atomic E-state index is 13.0. The summed E-state index contributed by atoms with van der Waals surface area (Å²) in [7, 11) is 1.36. The zero-order valence-corrected chi connectivity index (χ0v) is 23.1. The quantitative estimate of drug-likeness (QED) is 0.170. The molecule has 0 radical (unpaired) electrons. The second kappa shape index (κ2) is 16.0. The van der Waals surface area contributed by atoms with E-state index in [1.54, 1.807) is 11.8 Å². The number of amides is 1. The molecule has 8 heteroatoms. The summed E-state index contributed by atoms with van der Waals surface area (Å²) in [5, 5.41) is 4.50. The molecule has 0 aliphatic carbocycles. The number of unbranched alkanes of at least 4 members (excludes halogenated alkanes) is 6. The molecule has 0 unspecified atom stereocenters. The van der Waals surface area contributed by atoms with E-state index in [0.29, 0.717) is 39.2 Å². The van der Waals surface area contributed by atoms with Gasteiger partial charge in [-0.1, -0.05) is 52.4 Å². The highest BCUT2D eigenvalue weighted by molar-refractivity contribution is 7.80. The van der Waals surface area contributed by atoms with Gasteiger partial charge in [0.25, 0.3) is 5.91 Å². The normalized spacial score (nSPS) is 10.7. The Bertz CT molecular complexity index is 748. The molecule has 0 aliphatic rings. The number of carbonyl (C=O) groups excluding carboxylic acids is 2. The molecule has 0 aliphatic heterocycles. The molecule has 0 aromatic carbocycles. The lowest BCUT2D eigenvalue weighted by molar-refractivity contribution is 0.0601. The number of ether oxygens (including phenoxy) is 1. The first-order valence-corrected chi connectivity index (χ1v) is 13.6. The van der Waals surface area contributed by atoms with Gasteiger partial charge in [-0.2, -0.15) is 0 Å². The Morgan fingerprint density at radius 1 is 0.909 bits per heavy atom. The summed E-state index contributed by atoms with van der Waals surface area (Å²) in [6, 6.07) is 0. The highest BCUT2D eigenvalue weighted by atomic mass is 32.1. The van der Waals surface area contributed by atoms with Crippen LogP contribution in [-0.2, 0) is 4.74 Å². The standard InChI is InChI=1S/C25H43N3O3S2/c1-7-11-13-15-17-28(18-16-14-12-8-2)25(32)26-22-20(24(30)31-6)19(5)21(33-22)23(29)27(9-3)10-4/h7-18H2,1-6H3,(H,26,32). The summed E-state index contributed by atoms with van der Waals surface area (Å²) in [6.07, 6.45) is 9.36. The lowest BCUT2D eigenvalue weighted by Crippen LogP contribution is -2.36. The number of hydrogen-bond acceptors (Lipinski definition) is 5. The Morgan fingerprint density at radius 3 is 1.91 bits per heavy atom. The van der Waals surface area contributed by atoms with Crippen LogP contribution >= 0.6 is 23.6 Å². The van der Waals surface area contributed by atoms with Crippen molar-refractivity contribution in [1.29, 1.82) is 0 Å². The smallest absolute Gasteiger partial charge is 0.341 e. The summed E-state index contributed by atoms with van der Waals surface area (Å²) in [5.41, 5.74) is 1.05. The molecular weight excluding hydrogens is 454 g/mol. The van der Waals surface area contributed by atoms with Crippen molar-refractivity contribution >= 4 is 45.5 Å². The van der Waals surface area contributed by atoms with E-state index in [1.165, 1.54) is 57.0 Å². The maximum Gasteiger partial charge on any atom is 0.341 e. The number of esters is 1. The lowest BCUT2D eigenvalue weighted by Gasteiger charge is -2.26. The van der Waals surface area contributed by atoms with Gasteiger partial charge in [0.05, 0.1) is 17.6 Å². The van der Waals surface area contributed by atoms with Crippen LogP contribution in [-0.4, -0.2) is 60.1 Å². The lowest BCUT2D eigenvalue weighted by atomic mass is 10.1. The molecule has 1 N–H and O–H groups in total. The Kier molecular flexibility index (Phi) is 14.3. The Morgan fingerprint density at radius 2 is 1.45 bits per heavy atom. The molecular formula is C25H43N3O3S2. The fourth-order valence-corrected chi connectivity index (χ4v) is 5.27. The van der Waals surface area contributed by atoms with Gasteiger partial charge in [-0.3, -0.25) is 4.79 Å². The minimum Gasteiger partial charge on any atom is -0.465 e. The molecule has 0 bridgehead atoms. The van der Waals surface area contributed by atoms with E-state index < -0.39 is 5.97 Å². The van der Waals surface area contributed by atoms with Gasteiger partial charge in [0.2, 0.25) is 0 Å². The predicted molar refractivity (Wildman–Crippen MR) is 144 cm³/mol. The molecule has 0 atom stereocenters. The summed E-state index contributed by atoms with van der Waals surface area (Å²) in [6.45, 7) is 13.1. The number of thiophene rings is 1.